The van der Waals surface area contributed by atoms with E-state index in [9.17, 15) is 18.7 Å². The van der Waals surface area contributed by atoms with E-state index in [0.29, 0.717) is 35.1 Å². The zero-order valence-electron chi connectivity index (χ0n) is 22.2. The topological polar surface area (TPSA) is 66.2 Å². The molecule has 0 radical (unpaired) electrons. The molecule has 0 aliphatic rings. The van der Waals surface area contributed by atoms with Crippen molar-refractivity contribution in [2.45, 2.75) is 32.3 Å². The molecule has 3 aromatic rings. The normalized spacial score (nSPS) is 11.7. The van der Waals surface area contributed by atoms with Gasteiger partial charge in [0, 0.05) is 18.0 Å². The first-order valence-electron chi connectivity index (χ1n) is 12.5. The number of likely N-dealkylation sites (N-methyl/N-ethyl adjacent to an activating group) is 1. The molecule has 3 rings (SSSR count). The van der Waals surface area contributed by atoms with E-state index in [1.807, 2.05) is 6.26 Å². The monoisotopic (exact) mass is 544 g/mol. The van der Waals surface area contributed by atoms with Gasteiger partial charge in [0.15, 0.2) is 17.4 Å². The number of hydrogen-bond acceptors (Lipinski definition) is 6. The third-order valence-electron chi connectivity index (χ3n) is 6.22. The Morgan fingerprint density at radius 3 is 2.37 bits per heavy atom. The highest BCUT2D eigenvalue weighted by atomic mass is 32.2. The maximum Gasteiger partial charge on any atom is 0.290 e. The van der Waals surface area contributed by atoms with Gasteiger partial charge in [-0.25, -0.2) is 8.78 Å². The summed E-state index contributed by atoms with van der Waals surface area (Å²) in [5.41, 5.74) is 1.34. The van der Waals surface area contributed by atoms with Crippen LogP contribution in [-0.2, 0) is 6.61 Å². The van der Waals surface area contributed by atoms with Crippen LogP contribution in [0.4, 0.5) is 8.78 Å². The fraction of sp³-hybridized carbons (Fsp3) is 0.345. The summed E-state index contributed by atoms with van der Waals surface area (Å²) < 4.78 is 39.0. The molecule has 0 atom stereocenters. The number of rotatable bonds is 13. The zero-order chi connectivity index (χ0) is 27.7. The molecule has 38 heavy (non-hydrogen) atoms. The number of furan rings is 1. The Morgan fingerprint density at radius 2 is 1.74 bits per heavy atom. The van der Waals surface area contributed by atoms with Crippen LogP contribution in [0.25, 0.3) is 11.1 Å². The van der Waals surface area contributed by atoms with Gasteiger partial charge in [0.1, 0.15) is 23.9 Å². The van der Waals surface area contributed by atoms with Gasteiger partial charge in [-0.15, -0.1) is 11.8 Å². The van der Waals surface area contributed by atoms with Crippen molar-refractivity contribution in [2.24, 2.45) is 0 Å². The van der Waals surface area contributed by atoms with Gasteiger partial charge in [-0.05, 0) is 79.9 Å². The molecular weight excluding hydrogens is 510 g/mol. The molecule has 0 saturated carbocycles. The van der Waals surface area contributed by atoms with E-state index in [0.717, 1.165) is 18.7 Å². The summed E-state index contributed by atoms with van der Waals surface area (Å²) >= 11 is 1.34. The summed E-state index contributed by atoms with van der Waals surface area (Å²) in [6.07, 6.45) is 3.38. The number of benzene rings is 2. The molecule has 9 heteroatoms. The smallest absolute Gasteiger partial charge is 0.290 e. The predicted octanol–water partition coefficient (Wildman–Crippen LogP) is 6.77. The first kappa shape index (κ1) is 29.3. The van der Waals surface area contributed by atoms with Gasteiger partial charge < -0.3 is 24.1 Å². The fourth-order valence-corrected chi connectivity index (χ4v) is 4.49. The van der Waals surface area contributed by atoms with Crippen molar-refractivity contribution in [3.05, 3.63) is 83.5 Å². The van der Waals surface area contributed by atoms with Gasteiger partial charge in [0.25, 0.3) is 5.91 Å². The quantitative estimate of drug-likeness (QED) is 0.189. The number of allylic oxidation sites excluding steroid dienone is 1. The number of halogens is 2. The van der Waals surface area contributed by atoms with E-state index in [-0.39, 0.29) is 30.6 Å². The van der Waals surface area contributed by atoms with Gasteiger partial charge in [-0.2, -0.15) is 0 Å². The molecular formula is C29H34F2N2O4S. The summed E-state index contributed by atoms with van der Waals surface area (Å²) in [5.74, 6) is -0.757. The highest BCUT2D eigenvalue weighted by Gasteiger charge is 2.21. The van der Waals surface area contributed by atoms with E-state index in [1.165, 1.54) is 23.9 Å². The molecule has 1 N–H and O–H groups in total. The Hall–Kier alpha value is -3.30. The summed E-state index contributed by atoms with van der Waals surface area (Å²) in [6.45, 7) is 8.94. The minimum Gasteiger partial charge on any atom is -0.511 e. The Bertz CT molecular complexity index is 1240. The molecule has 0 bridgehead atoms. The van der Waals surface area contributed by atoms with Crippen LogP contribution in [0.15, 0.2) is 69.7 Å². The summed E-state index contributed by atoms with van der Waals surface area (Å²) in [5, 5.41) is 10.0. The van der Waals surface area contributed by atoms with Crippen molar-refractivity contribution >= 4 is 17.7 Å². The first-order chi connectivity index (χ1) is 18.3. The highest BCUT2D eigenvalue weighted by molar-refractivity contribution is 7.98. The largest absolute Gasteiger partial charge is 0.511 e. The van der Waals surface area contributed by atoms with Gasteiger partial charge in [0.2, 0.25) is 0 Å². The van der Waals surface area contributed by atoms with Gasteiger partial charge >= 0.3 is 0 Å². The van der Waals surface area contributed by atoms with Gasteiger partial charge in [-0.1, -0.05) is 26.0 Å². The molecule has 204 valence electrons. The van der Waals surface area contributed by atoms with Crippen LogP contribution in [0.2, 0.25) is 0 Å². The molecule has 2 aromatic carbocycles. The Labute approximate surface area is 226 Å². The van der Waals surface area contributed by atoms with E-state index >= 15 is 0 Å². The van der Waals surface area contributed by atoms with Gasteiger partial charge in [0.05, 0.1) is 6.54 Å². The van der Waals surface area contributed by atoms with Crippen molar-refractivity contribution in [2.75, 3.05) is 39.0 Å². The third-order valence-corrected chi connectivity index (χ3v) is 6.99. The maximum atomic E-state index is 13.8. The number of carbonyl (C=O) groups is 1. The maximum absolute atomic E-state index is 13.8. The third kappa shape index (κ3) is 7.61. The fourth-order valence-electron chi connectivity index (χ4n) is 3.88. The predicted molar refractivity (Wildman–Crippen MR) is 147 cm³/mol. The Morgan fingerprint density at radius 1 is 1.05 bits per heavy atom. The molecule has 0 aliphatic heterocycles. The minimum absolute atomic E-state index is 0.103. The highest BCUT2D eigenvalue weighted by Crippen LogP contribution is 2.33. The minimum atomic E-state index is -0.895. The van der Waals surface area contributed by atoms with Crippen LogP contribution in [0.1, 0.15) is 37.1 Å². The van der Waals surface area contributed by atoms with Crippen molar-refractivity contribution in [3.8, 4) is 16.9 Å². The van der Waals surface area contributed by atoms with Crippen LogP contribution in [0, 0.1) is 11.6 Å². The number of carbonyl (C=O) groups excluding carboxylic acids is 1. The van der Waals surface area contributed by atoms with Crippen LogP contribution < -0.4 is 4.74 Å². The second-order valence-electron chi connectivity index (χ2n) is 8.58. The van der Waals surface area contributed by atoms with Crippen molar-refractivity contribution in [1.29, 1.82) is 0 Å². The second kappa shape index (κ2) is 14.0. The molecule has 1 aromatic heterocycles. The summed E-state index contributed by atoms with van der Waals surface area (Å²) in [6, 6.07) is 12.7. The number of aliphatic hydroxyl groups is 1. The average Bonchev–Trinajstić information content (AvgIpc) is 3.42. The van der Waals surface area contributed by atoms with Crippen LogP contribution in [0.3, 0.4) is 0 Å². The van der Waals surface area contributed by atoms with Crippen LogP contribution >= 0.6 is 11.8 Å². The molecule has 0 aliphatic carbocycles. The van der Waals surface area contributed by atoms with Crippen molar-refractivity contribution in [1.82, 2.24) is 9.80 Å². The average molecular weight is 545 g/mol. The van der Waals surface area contributed by atoms with E-state index in [1.54, 1.807) is 54.3 Å². The Kier molecular flexibility index (Phi) is 10.8. The lowest BCUT2D eigenvalue weighted by molar-refractivity contribution is 0.0698. The van der Waals surface area contributed by atoms with E-state index in [2.05, 4.69) is 18.7 Å². The lowest BCUT2D eigenvalue weighted by Crippen LogP contribution is -2.39. The lowest BCUT2D eigenvalue weighted by atomic mass is 10.1. The van der Waals surface area contributed by atoms with Gasteiger partial charge in [-0.3, -0.25) is 4.79 Å². The van der Waals surface area contributed by atoms with Crippen molar-refractivity contribution in [3.63, 3.8) is 0 Å². The number of thioether (sulfide) groups is 1. The standard InChI is InChI=1S/C29H34F2N2O4S/c1-5-21(34)18-33(15-14-32(6-2)7-3)29(35)27-13-12-23(37-27)19-36-22-10-8-20(9-11-22)24-16-25(30)26(31)17-28(24)38-4/h5,8-13,16-17,34H,6-7,14-15,18-19H2,1-4H3. The molecule has 0 saturated heterocycles. The second-order valence-corrected chi connectivity index (χ2v) is 9.43. The summed E-state index contributed by atoms with van der Waals surface area (Å²) in [4.78, 5) is 17.5. The van der Waals surface area contributed by atoms with E-state index in [4.69, 9.17) is 9.15 Å². The number of nitrogens with zero attached hydrogens (tertiary/aromatic N) is 2. The molecule has 1 heterocycles. The summed E-state index contributed by atoms with van der Waals surface area (Å²) in [7, 11) is 0. The molecule has 0 spiro atoms. The number of amides is 1. The van der Waals surface area contributed by atoms with Crippen LogP contribution in [0.5, 0.6) is 5.75 Å². The lowest BCUT2D eigenvalue weighted by Gasteiger charge is -2.25. The molecule has 0 fully saturated rings. The molecule has 6 nitrogen and oxygen atoms in total. The van der Waals surface area contributed by atoms with Crippen LogP contribution in [-0.4, -0.2) is 59.8 Å². The van der Waals surface area contributed by atoms with Crippen molar-refractivity contribution < 1.29 is 27.8 Å². The number of hydrogen-bond donors (Lipinski definition) is 1. The number of aliphatic hydroxyl groups excluding tert-OH is 1. The Balaban J connectivity index is 1.65. The molecule has 0 unspecified atom stereocenters. The molecule has 1 amide bonds. The zero-order valence-corrected chi connectivity index (χ0v) is 23.0. The van der Waals surface area contributed by atoms with E-state index < -0.39 is 11.6 Å². The first-order valence-corrected chi connectivity index (χ1v) is 13.7. The number of ether oxygens (including phenoxy) is 1. The SMILES string of the molecule is CC=C(O)CN(CCN(CC)CC)C(=O)c1ccc(COc2ccc(-c3cc(F)c(F)cc3SC)cc2)o1.